The summed E-state index contributed by atoms with van der Waals surface area (Å²) < 4.78 is 27.3. The number of nitrogens with one attached hydrogen (secondary N) is 2. The lowest BCUT2D eigenvalue weighted by Gasteiger charge is -2.36. The van der Waals surface area contributed by atoms with Gasteiger partial charge in [-0.1, -0.05) is 24.1 Å². The minimum Gasteiger partial charge on any atom is -0.368 e. The van der Waals surface area contributed by atoms with E-state index in [1.165, 1.54) is 12.1 Å². The third-order valence-corrected chi connectivity index (χ3v) is 5.54. The van der Waals surface area contributed by atoms with Crippen LogP contribution in [0.25, 0.3) is 11.3 Å². The van der Waals surface area contributed by atoms with Gasteiger partial charge in [-0.3, -0.25) is 20.5 Å². The monoisotopic (exact) mass is 477 g/mol. The zero-order valence-corrected chi connectivity index (χ0v) is 19.2. The largest absolute Gasteiger partial charge is 0.368 e. The fourth-order valence-electron chi connectivity index (χ4n) is 3.92. The van der Waals surface area contributed by atoms with E-state index in [-0.39, 0.29) is 5.95 Å². The van der Waals surface area contributed by atoms with Crippen LogP contribution in [0.3, 0.4) is 0 Å². The third-order valence-electron chi connectivity index (χ3n) is 5.54. The number of benzene rings is 2. The second-order valence-corrected chi connectivity index (χ2v) is 8.01. The van der Waals surface area contributed by atoms with Gasteiger partial charge in [0.1, 0.15) is 11.6 Å². The summed E-state index contributed by atoms with van der Waals surface area (Å²) in [7, 11) is 0. The number of nitrogens with zero attached hydrogens (tertiary/aromatic N) is 4. The summed E-state index contributed by atoms with van der Waals surface area (Å²) in [6, 6.07) is 13.3. The van der Waals surface area contributed by atoms with Gasteiger partial charge in [-0.2, -0.15) is 4.98 Å². The predicted octanol–water partition coefficient (Wildman–Crippen LogP) is 2.79. The van der Waals surface area contributed by atoms with Crippen molar-refractivity contribution in [3.63, 3.8) is 0 Å². The second kappa shape index (κ2) is 10.8. The Bertz CT molecular complexity index is 1280. The molecule has 1 fully saturated rings. The highest BCUT2D eigenvalue weighted by Crippen LogP contribution is 2.24. The molecule has 1 aliphatic heterocycles. The number of rotatable bonds is 6. The van der Waals surface area contributed by atoms with Crippen molar-refractivity contribution in [2.45, 2.75) is 13.5 Å². The molecule has 0 radical (unpaired) electrons. The number of nitrogen functional groups attached to an aromatic ring is 1. The number of aromatic nitrogens is 2. The quantitative estimate of drug-likeness (QED) is 0.371. The molecule has 1 saturated heterocycles. The average molecular weight is 478 g/mol. The van der Waals surface area contributed by atoms with Crippen molar-refractivity contribution in [2.75, 3.05) is 42.2 Å². The van der Waals surface area contributed by atoms with Crippen LogP contribution in [0.1, 0.15) is 12.5 Å². The normalized spacial score (nSPS) is 13.6. The molecule has 1 amide bonds. The topological polar surface area (TPSA) is 99.4 Å². The molecule has 1 aromatic heterocycles. The number of hydrogen-bond donors (Lipinski definition) is 3. The zero-order chi connectivity index (χ0) is 24.8. The third kappa shape index (κ3) is 6.22. The lowest BCUT2D eigenvalue weighted by Crippen LogP contribution is -2.46. The molecule has 2 aromatic carbocycles. The Morgan fingerprint density at radius 2 is 1.89 bits per heavy atom. The van der Waals surface area contributed by atoms with Crippen molar-refractivity contribution in [1.82, 2.24) is 20.3 Å². The van der Waals surface area contributed by atoms with Crippen LogP contribution in [0, 0.1) is 23.5 Å². The molecule has 0 spiro atoms. The number of hydrazine groups is 1. The molecular formula is C25H25F2N7O. The molecule has 3 aromatic rings. The van der Waals surface area contributed by atoms with Gasteiger partial charge in [0.2, 0.25) is 5.95 Å². The molecule has 8 nitrogen and oxygen atoms in total. The number of anilines is 3. The van der Waals surface area contributed by atoms with E-state index in [0.717, 1.165) is 30.3 Å². The van der Waals surface area contributed by atoms with Gasteiger partial charge in [0.05, 0.1) is 11.4 Å². The van der Waals surface area contributed by atoms with Gasteiger partial charge >= 0.3 is 5.91 Å². The van der Waals surface area contributed by atoms with Gasteiger partial charge < -0.3 is 10.6 Å². The van der Waals surface area contributed by atoms with Crippen molar-refractivity contribution in [2.24, 2.45) is 0 Å². The Balaban J connectivity index is 1.40. The lowest BCUT2D eigenvalue weighted by atomic mass is 10.1. The standard InChI is InChI=1S/C25H25F2N7O/c1-2-4-24(35)32-31-23-15-21(29-25(28)30-23)18-6-3-5-17(13-18)16-33-9-11-34(12-10-33)22-8-7-19(26)14-20(22)27/h3,5-8,13-15H,9-12,16H2,1H3,(H,32,35)(H3,28,29,30,31). The Morgan fingerprint density at radius 1 is 1.09 bits per heavy atom. The first-order valence-electron chi connectivity index (χ1n) is 11.1. The number of amides is 1. The minimum absolute atomic E-state index is 0.0652. The first kappa shape index (κ1) is 23.9. The summed E-state index contributed by atoms with van der Waals surface area (Å²) in [6.07, 6.45) is 0. The van der Waals surface area contributed by atoms with E-state index < -0.39 is 17.5 Å². The van der Waals surface area contributed by atoms with Crippen molar-refractivity contribution >= 4 is 23.4 Å². The Morgan fingerprint density at radius 3 is 2.63 bits per heavy atom. The van der Waals surface area contributed by atoms with Gasteiger partial charge in [0.25, 0.3) is 0 Å². The maximum Gasteiger partial charge on any atom is 0.314 e. The predicted molar refractivity (Wildman–Crippen MR) is 131 cm³/mol. The lowest BCUT2D eigenvalue weighted by molar-refractivity contribution is -0.115. The van der Waals surface area contributed by atoms with Crippen molar-refractivity contribution in [3.05, 3.63) is 65.7 Å². The molecule has 4 N–H and O–H groups in total. The number of halogens is 2. The van der Waals surface area contributed by atoms with E-state index in [0.29, 0.717) is 36.8 Å². The van der Waals surface area contributed by atoms with Crippen LogP contribution < -0.4 is 21.5 Å². The van der Waals surface area contributed by atoms with E-state index in [4.69, 9.17) is 5.73 Å². The van der Waals surface area contributed by atoms with Gasteiger partial charge in [-0.15, -0.1) is 0 Å². The highest BCUT2D eigenvalue weighted by Gasteiger charge is 2.20. The molecule has 2 heterocycles. The number of nitrogens with two attached hydrogens (primary N) is 1. The summed E-state index contributed by atoms with van der Waals surface area (Å²) in [4.78, 5) is 24.2. The van der Waals surface area contributed by atoms with Crippen LogP contribution >= 0.6 is 0 Å². The molecule has 0 unspecified atom stereocenters. The highest BCUT2D eigenvalue weighted by molar-refractivity contribution is 5.94. The summed E-state index contributed by atoms with van der Waals surface area (Å²) in [5, 5.41) is 0. The molecule has 4 rings (SSSR count). The van der Waals surface area contributed by atoms with E-state index in [9.17, 15) is 13.6 Å². The fourth-order valence-corrected chi connectivity index (χ4v) is 3.92. The minimum atomic E-state index is -0.575. The van der Waals surface area contributed by atoms with Crippen LogP contribution in [0.15, 0.2) is 48.5 Å². The van der Waals surface area contributed by atoms with Gasteiger partial charge in [0, 0.05) is 50.4 Å². The summed E-state index contributed by atoms with van der Waals surface area (Å²) in [5.74, 6) is 3.67. The van der Waals surface area contributed by atoms with E-state index >= 15 is 0 Å². The average Bonchev–Trinajstić information content (AvgIpc) is 2.84. The maximum absolute atomic E-state index is 14.1. The molecule has 180 valence electrons. The second-order valence-electron chi connectivity index (χ2n) is 8.01. The smallest absolute Gasteiger partial charge is 0.314 e. The van der Waals surface area contributed by atoms with E-state index in [1.54, 1.807) is 13.0 Å². The van der Waals surface area contributed by atoms with E-state index in [2.05, 4.69) is 37.6 Å². The van der Waals surface area contributed by atoms with Crippen LogP contribution in [-0.4, -0.2) is 47.0 Å². The van der Waals surface area contributed by atoms with E-state index in [1.807, 2.05) is 29.2 Å². The Hall–Kier alpha value is -4.23. The molecule has 0 aliphatic carbocycles. The maximum atomic E-state index is 14.1. The fraction of sp³-hybridized carbons (Fsp3) is 0.240. The molecular weight excluding hydrogens is 452 g/mol. The van der Waals surface area contributed by atoms with Crippen molar-refractivity contribution < 1.29 is 13.6 Å². The highest BCUT2D eigenvalue weighted by atomic mass is 19.1. The number of piperazine rings is 1. The summed E-state index contributed by atoms with van der Waals surface area (Å²) >= 11 is 0. The SMILES string of the molecule is CC#CC(=O)NNc1cc(-c2cccc(CN3CCN(c4ccc(F)cc4F)CC3)c2)nc(N)n1. The van der Waals surface area contributed by atoms with Crippen molar-refractivity contribution in [3.8, 4) is 23.1 Å². The van der Waals surface area contributed by atoms with Gasteiger partial charge in [-0.05, 0) is 36.6 Å². The van der Waals surface area contributed by atoms with Crippen LogP contribution in [0.5, 0.6) is 0 Å². The number of carbonyl (C=O) groups is 1. The Kier molecular flexibility index (Phi) is 7.38. The number of carbonyl (C=O) groups excluding carboxylic acids is 1. The van der Waals surface area contributed by atoms with Gasteiger partial charge in [0.15, 0.2) is 5.82 Å². The molecule has 0 saturated carbocycles. The summed E-state index contributed by atoms with van der Waals surface area (Å²) in [5.41, 5.74) is 14.0. The van der Waals surface area contributed by atoms with Crippen LogP contribution in [-0.2, 0) is 11.3 Å². The van der Waals surface area contributed by atoms with Gasteiger partial charge in [-0.25, -0.2) is 13.8 Å². The molecule has 0 atom stereocenters. The van der Waals surface area contributed by atoms with Crippen LogP contribution in [0.4, 0.5) is 26.2 Å². The Labute approximate surface area is 202 Å². The molecule has 0 bridgehead atoms. The zero-order valence-electron chi connectivity index (χ0n) is 19.2. The molecule has 10 heteroatoms. The number of hydrogen-bond acceptors (Lipinski definition) is 7. The molecule has 35 heavy (non-hydrogen) atoms. The first-order chi connectivity index (χ1) is 16.9. The molecule has 1 aliphatic rings. The first-order valence-corrected chi connectivity index (χ1v) is 11.1. The van der Waals surface area contributed by atoms with Crippen molar-refractivity contribution in [1.29, 1.82) is 0 Å². The van der Waals surface area contributed by atoms with Crippen LogP contribution in [0.2, 0.25) is 0 Å². The summed E-state index contributed by atoms with van der Waals surface area (Å²) in [6.45, 7) is 5.07.